The Morgan fingerprint density at radius 3 is 2.62 bits per heavy atom. The zero-order valence-electron chi connectivity index (χ0n) is 14.9. The molecule has 0 aromatic carbocycles. The monoisotopic (exact) mass is 350 g/mol. The van der Waals surface area contributed by atoms with Crippen molar-refractivity contribution in [3.63, 3.8) is 0 Å². The van der Waals surface area contributed by atoms with Gasteiger partial charge in [-0.2, -0.15) is 4.39 Å². The van der Waals surface area contributed by atoms with E-state index in [1.807, 2.05) is 0 Å². The van der Waals surface area contributed by atoms with Gasteiger partial charge in [0.2, 0.25) is 11.7 Å². The summed E-state index contributed by atoms with van der Waals surface area (Å²) in [5.41, 5.74) is 1.86. The minimum Gasteiger partial charge on any atom is -0.412 e. The van der Waals surface area contributed by atoms with Crippen molar-refractivity contribution in [1.29, 1.82) is 0 Å². The van der Waals surface area contributed by atoms with Gasteiger partial charge in [-0.3, -0.25) is 4.79 Å². The third kappa shape index (κ3) is 3.46. The van der Waals surface area contributed by atoms with Crippen molar-refractivity contribution in [3.05, 3.63) is 35.2 Å². The molecule has 5 nitrogen and oxygen atoms in total. The molecule has 0 spiro atoms. The molecular formula is C17H23FN2O3Si. The molecule has 0 amide bonds. The fraction of sp³-hybridized carbons (Fsp3) is 0.471. The van der Waals surface area contributed by atoms with Crippen molar-refractivity contribution in [1.82, 2.24) is 10.1 Å². The van der Waals surface area contributed by atoms with E-state index >= 15 is 0 Å². The Labute approximate surface area is 142 Å². The van der Waals surface area contributed by atoms with Crippen LogP contribution in [0, 0.1) is 12.9 Å². The van der Waals surface area contributed by atoms with Gasteiger partial charge in [-0.05, 0) is 36.7 Å². The number of halogens is 1. The quantitative estimate of drug-likeness (QED) is 0.451. The molecule has 0 radical (unpaired) electrons. The molecular weight excluding hydrogens is 327 g/mol. The Morgan fingerprint density at radius 2 is 2.04 bits per heavy atom. The Bertz CT molecular complexity index is 751. The molecule has 0 aliphatic carbocycles. The summed E-state index contributed by atoms with van der Waals surface area (Å²) in [5, 5.41) is 3.81. The van der Waals surface area contributed by atoms with Gasteiger partial charge in [0.05, 0.1) is 17.9 Å². The molecule has 0 saturated heterocycles. The number of nitrogens with zero attached hydrogens (tertiary/aromatic N) is 2. The van der Waals surface area contributed by atoms with Gasteiger partial charge in [0.25, 0.3) is 0 Å². The molecule has 0 fully saturated rings. The maximum atomic E-state index is 14.4. The Balaban J connectivity index is 2.45. The standard InChI is InChI=1S/C17H23FN2O3Si/c1-11-15(14(9-21)23-20-11)12-7-8-19-16(18)13(12)10-22-24(5,6)17(2,3)4/h7-9H,10H2,1-6H3. The van der Waals surface area contributed by atoms with Gasteiger partial charge >= 0.3 is 0 Å². The lowest BCUT2D eigenvalue weighted by molar-refractivity contribution is 0.109. The molecule has 0 bridgehead atoms. The van der Waals surface area contributed by atoms with Crippen molar-refractivity contribution in [2.75, 3.05) is 0 Å². The van der Waals surface area contributed by atoms with Crippen LogP contribution in [0.4, 0.5) is 4.39 Å². The number of pyridine rings is 1. The van der Waals surface area contributed by atoms with Gasteiger partial charge in [0, 0.05) is 11.8 Å². The number of aromatic nitrogens is 2. The first kappa shape index (κ1) is 18.5. The van der Waals surface area contributed by atoms with Crippen LogP contribution in [0.2, 0.25) is 18.1 Å². The predicted octanol–water partition coefficient (Wildman–Crippen LogP) is 4.52. The Morgan fingerprint density at radius 1 is 1.38 bits per heavy atom. The lowest BCUT2D eigenvalue weighted by Gasteiger charge is -2.36. The second-order valence-electron chi connectivity index (χ2n) is 7.30. The molecule has 7 heteroatoms. The number of hydrogen-bond donors (Lipinski definition) is 0. The number of rotatable bonds is 5. The highest BCUT2D eigenvalue weighted by atomic mass is 28.4. The highest BCUT2D eigenvalue weighted by Crippen LogP contribution is 2.38. The SMILES string of the molecule is Cc1noc(C=O)c1-c1ccnc(F)c1CO[Si](C)(C)C(C)(C)C. The topological polar surface area (TPSA) is 65.2 Å². The van der Waals surface area contributed by atoms with Crippen LogP contribution in [-0.4, -0.2) is 24.7 Å². The molecule has 2 rings (SSSR count). The van der Waals surface area contributed by atoms with Crippen molar-refractivity contribution in [2.45, 2.75) is 52.4 Å². The van der Waals surface area contributed by atoms with Crippen molar-refractivity contribution >= 4 is 14.6 Å². The highest BCUT2D eigenvalue weighted by Gasteiger charge is 2.37. The van der Waals surface area contributed by atoms with E-state index in [0.717, 1.165) is 0 Å². The largest absolute Gasteiger partial charge is 0.412 e. The normalized spacial score (nSPS) is 12.5. The fourth-order valence-corrected chi connectivity index (χ4v) is 3.04. The van der Waals surface area contributed by atoms with Crippen LogP contribution in [-0.2, 0) is 11.0 Å². The maximum absolute atomic E-state index is 14.4. The van der Waals surface area contributed by atoms with Gasteiger partial charge in [-0.15, -0.1) is 0 Å². The third-order valence-electron chi connectivity index (χ3n) is 4.65. The van der Waals surface area contributed by atoms with E-state index in [4.69, 9.17) is 8.95 Å². The van der Waals surface area contributed by atoms with Gasteiger partial charge in [-0.1, -0.05) is 25.9 Å². The highest BCUT2D eigenvalue weighted by molar-refractivity contribution is 6.74. The minimum absolute atomic E-state index is 0.00686. The lowest BCUT2D eigenvalue weighted by atomic mass is 10.0. The fourth-order valence-electron chi connectivity index (χ4n) is 2.10. The van der Waals surface area contributed by atoms with E-state index in [9.17, 15) is 9.18 Å². The van der Waals surface area contributed by atoms with Crippen LogP contribution < -0.4 is 0 Å². The average Bonchev–Trinajstić information content (AvgIpc) is 2.85. The van der Waals surface area contributed by atoms with Crippen LogP contribution in [0.3, 0.4) is 0 Å². The summed E-state index contributed by atoms with van der Waals surface area (Å²) in [6.07, 6.45) is 1.94. The van der Waals surface area contributed by atoms with E-state index < -0.39 is 14.3 Å². The Hall–Kier alpha value is -1.86. The van der Waals surface area contributed by atoms with Crippen LogP contribution >= 0.6 is 0 Å². The molecule has 2 heterocycles. The van der Waals surface area contributed by atoms with E-state index in [-0.39, 0.29) is 17.4 Å². The number of carbonyl (C=O) groups is 1. The molecule has 0 N–H and O–H groups in total. The minimum atomic E-state index is -2.06. The maximum Gasteiger partial charge on any atom is 0.218 e. The lowest BCUT2D eigenvalue weighted by Crippen LogP contribution is -2.40. The predicted molar refractivity (Wildman–Crippen MR) is 91.8 cm³/mol. The Kier molecular flexibility index (Phi) is 5.05. The number of aryl methyl sites for hydroxylation is 1. The second-order valence-corrected chi connectivity index (χ2v) is 12.1. The van der Waals surface area contributed by atoms with Crippen molar-refractivity contribution in [2.24, 2.45) is 0 Å². The van der Waals surface area contributed by atoms with Crippen LogP contribution in [0.5, 0.6) is 0 Å². The van der Waals surface area contributed by atoms with E-state index in [1.165, 1.54) is 6.20 Å². The number of hydrogen-bond acceptors (Lipinski definition) is 5. The molecule has 0 aliphatic rings. The van der Waals surface area contributed by atoms with Crippen LogP contribution in [0.1, 0.15) is 42.6 Å². The van der Waals surface area contributed by atoms with E-state index in [0.29, 0.717) is 28.7 Å². The first-order chi connectivity index (χ1) is 11.1. The molecule has 130 valence electrons. The first-order valence-electron chi connectivity index (χ1n) is 7.77. The molecule has 0 unspecified atom stereocenters. The summed E-state index contributed by atoms with van der Waals surface area (Å²) in [4.78, 5) is 14.9. The van der Waals surface area contributed by atoms with E-state index in [1.54, 1.807) is 13.0 Å². The zero-order chi connectivity index (χ0) is 18.1. The molecule has 0 saturated carbocycles. The molecule has 2 aromatic rings. The third-order valence-corrected chi connectivity index (χ3v) is 9.13. The summed E-state index contributed by atoms with van der Waals surface area (Å²) in [6.45, 7) is 12.4. The smallest absolute Gasteiger partial charge is 0.218 e. The number of carbonyl (C=O) groups excluding carboxylic acids is 1. The van der Waals surface area contributed by atoms with Gasteiger partial charge in [0.1, 0.15) is 0 Å². The summed E-state index contributed by atoms with van der Waals surface area (Å²) in [6, 6.07) is 1.65. The molecule has 24 heavy (non-hydrogen) atoms. The molecule has 0 aliphatic heterocycles. The van der Waals surface area contributed by atoms with Gasteiger partial charge in [-0.25, -0.2) is 4.98 Å². The van der Waals surface area contributed by atoms with Crippen molar-refractivity contribution in [3.8, 4) is 11.1 Å². The number of aldehydes is 1. The second kappa shape index (κ2) is 6.56. The van der Waals surface area contributed by atoms with Crippen LogP contribution in [0.25, 0.3) is 11.1 Å². The zero-order valence-corrected chi connectivity index (χ0v) is 15.9. The summed E-state index contributed by atoms with van der Waals surface area (Å²) in [5.74, 6) is -0.532. The van der Waals surface area contributed by atoms with E-state index in [2.05, 4.69) is 44.0 Å². The average molecular weight is 350 g/mol. The van der Waals surface area contributed by atoms with Gasteiger partial charge in [0.15, 0.2) is 14.6 Å². The summed E-state index contributed by atoms with van der Waals surface area (Å²) in [7, 11) is -2.06. The summed E-state index contributed by atoms with van der Waals surface area (Å²) >= 11 is 0. The molecule has 0 atom stereocenters. The van der Waals surface area contributed by atoms with Crippen molar-refractivity contribution < 1.29 is 18.1 Å². The molecule has 2 aromatic heterocycles. The summed E-state index contributed by atoms with van der Waals surface area (Å²) < 4.78 is 25.5. The van der Waals surface area contributed by atoms with Crippen LogP contribution in [0.15, 0.2) is 16.8 Å². The van der Waals surface area contributed by atoms with Gasteiger partial charge < -0.3 is 8.95 Å². The first-order valence-corrected chi connectivity index (χ1v) is 10.7.